The van der Waals surface area contributed by atoms with Gasteiger partial charge in [0.25, 0.3) is 0 Å². The molecule has 1 heterocycles. The molecule has 1 N–H and O–H groups in total. The zero-order valence-corrected chi connectivity index (χ0v) is 14.5. The Kier molecular flexibility index (Phi) is 4.87. The average molecular weight is 345 g/mol. The lowest BCUT2D eigenvalue weighted by molar-refractivity contribution is 0.0397. The van der Waals surface area contributed by atoms with Gasteiger partial charge < -0.3 is 14.4 Å². The number of rotatable bonds is 9. The quantitative estimate of drug-likeness (QED) is 0.708. The van der Waals surface area contributed by atoms with Gasteiger partial charge in [0.1, 0.15) is 5.82 Å². The lowest BCUT2D eigenvalue weighted by Crippen LogP contribution is -2.18. The van der Waals surface area contributed by atoms with Crippen molar-refractivity contribution in [2.45, 2.75) is 55.5 Å². The first-order valence-corrected chi connectivity index (χ1v) is 9.67. The first kappa shape index (κ1) is 16.1. The molecule has 0 amide bonds. The van der Waals surface area contributed by atoms with Gasteiger partial charge in [0.2, 0.25) is 0 Å². The van der Waals surface area contributed by atoms with Crippen molar-refractivity contribution < 1.29 is 9.84 Å². The number of nitrogens with zero attached hydrogens (tertiary/aromatic N) is 3. The minimum atomic E-state index is -0.493. The summed E-state index contributed by atoms with van der Waals surface area (Å²) >= 11 is 1.60. The molecule has 24 heavy (non-hydrogen) atoms. The highest BCUT2D eigenvalue weighted by Crippen LogP contribution is 2.46. The highest BCUT2D eigenvalue weighted by atomic mass is 32.2. The van der Waals surface area contributed by atoms with Gasteiger partial charge in [-0.3, -0.25) is 0 Å². The third-order valence-corrected chi connectivity index (χ3v) is 5.46. The molecule has 0 radical (unpaired) electrons. The van der Waals surface area contributed by atoms with E-state index >= 15 is 0 Å². The molecule has 1 atom stereocenters. The fourth-order valence-electron chi connectivity index (χ4n) is 2.79. The van der Waals surface area contributed by atoms with Gasteiger partial charge in [0.05, 0.1) is 19.3 Å². The average Bonchev–Trinajstić information content (AvgIpc) is 3.53. The summed E-state index contributed by atoms with van der Waals surface area (Å²) in [5, 5.41) is 19.9. The van der Waals surface area contributed by atoms with Crippen LogP contribution in [0.25, 0.3) is 0 Å². The van der Waals surface area contributed by atoms with Gasteiger partial charge in [0.15, 0.2) is 5.16 Å². The first-order valence-electron chi connectivity index (χ1n) is 8.68. The highest BCUT2D eigenvalue weighted by molar-refractivity contribution is 7.99. The van der Waals surface area contributed by atoms with Crippen molar-refractivity contribution in [2.24, 2.45) is 0 Å². The molecular weight excluding hydrogens is 322 g/mol. The van der Waals surface area contributed by atoms with Crippen LogP contribution in [0.4, 0.5) is 0 Å². The summed E-state index contributed by atoms with van der Waals surface area (Å²) in [5.41, 5.74) is 1.12. The number of hydrogen-bond acceptors (Lipinski definition) is 5. The monoisotopic (exact) mass is 345 g/mol. The van der Waals surface area contributed by atoms with Crippen molar-refractivity contribution in [1.82, 2.24) is 14.8 Å². The molecule has 0 spiro atoms. The number of ether oxygens (including phenoxy) is 1. The van der Waals surface area contributed by atoms with E-state index in [1.54, 1.807) is 11.8 Å². The Hall–Kier alpha value is -1.37. The van der Waals surface area contributed by atoms with Gasteiger partial charge in [-0.05, 0) is 31.2 Å². The van der Waals surface area contributed by atoms with Crippen molar-refractivity contribution >= 4 is 11.8 Å². The van der Waals surface area contributed by atoms with Gasteiger partial charge in [0, 0.05) is 17.7 Å². The molecular formula is C18H23N3O2S. The summed E-state index contributed by atoms with van der Waals surface area (Å²) in [6.07, 6.45) is 4.45. The number of aliphatic hydroxyl groups is 1. The van der Waals surface area contributed by atoms with Gasteiger partial charge in [-0.25, -0.2) is 0 Å². The maximum absolute atomic E-state index is 10.2. The maximum atomic E-state index is 10.2. The largest absolute Gasteiger partial charge is 0.390 e. The molecule has 5 nitrogen and oxygen atoms in total. The Bertz CT molecular complexity index is 668. The molecule has 0 saturated heterocycles. The van der Waals surface area contributed by atoms with Crippen LogP contribution >= 0.6 is 11.8 Å². The third kappa shape index (κ3) is 3.99. The summed E-state index contributed by atoms with van der Waals surface area (Å²) in [7, 11) is 0. The Morgan fingerprint density at radius 2 is 1.96 bits per heavy atom. The van der Waals surface area contributed by atoms with Gasteiger partial charge >= 0.3 is 0 Å². The van der Waals surface area contributed by atoms with Crippen LogP contribution < -0.4 is 0 Å². The van der Waals surface area contributed by atoms with Crippen LogP contribution in [0.1, 0.15) is 49.0 Å². The van der Waals surface area contributed by atoms with E-state index in [1.807, 2.05) is 30.3 Å². The fraction of sp³-hybridized carbons (Fsp3) is 0.556. The second kappa shape index (κ2) is 7.25. The lowest BCUT2D eigenvalue weighted by atomic mass is 10.2. The maximum Gasteiger partial charge on any atom is 0.191 e. The molecule has 0 aliphatic heterocycles. The van der Waals surface area contributed by atoms with Crippen molar-refractivity contribution in [3.8, 4) is 0 Å². The van der Waals surface area contributed by atoms with Crippen LogP contribution in [-0.4, -0.2) is 38.3 Å². The summed E-state index contributed by atoms with van der Waals surface area (Å²) in [6.45, 7) is 0.877. The SMILES string of the molecule is O[C@@H](COCc1ccccc1)CSc1nnc(C2CC2)n1C1CC1. The van der Waals surface area contributed by atoms with Crippen LogP contribution in [0.2, 0.25) is 0 Å². The molecule has 2 fully saturated rings. The van der Waals surface area contributed by atoms with E-state index in [0.29, 0.717) is 30.9 Å². The van der Waals surface area contributed by atoms with E-state index in [1.165, 1.54) is 25.7 Å². The van der Waals surface area contributed by atoms with Crippen molar-refractivity contribution in [3.05, 3.63) is 41.7 Å². The fourth-order valence-corrected chi connectivity index (χ4v) is 3.71. The van der Waals surface area contributed by atoms with E-state index in [0.717, 1.165) is 16.5 Å². The topological polar surface area (TPSA) is 60.2 Å². The minimum absolute atomic E-state index is 0.342. The van der Waals surface area contributed by atoms with E-state index in [2.05, 4.69) is 14.8 Å². The number of thioether (sulfide) groups is 1. The summed E-state index contributed by atoms with van der Waals surface area (Å²) < 4.78 is 7.93. The Balaban J connectivity index is 1.26. The number of aliphatic hydroxyl groups excluding tert-OH is 1. The van der Waals surface area contributed by atoms with Crippen molar-refractivity contribution in [1.29, 1.82) is 0 Å². The molecule has 1 aromatic heterocycles. The van der Waals surface area contributed by atoms with Crippen LogP contribution in [-0.2, 0) is 11.3 Å². The summed E-state index contributed by atoms with van der Waals surface area (Å²) in [5.74, 6) is 2.37. The molecule has 2 saturated carbocycles. The van der Waals surface area contributed by atoms with Crippen LogP contribution in [0.3, 0.4) is 0 Å². The van der Waals surface area contributed by atoms with E-state index in [-0.39, 0.29) is 0 Å². The Labute approximate surface area is 146 Å². The zero-order valence-electron chi connectivity index (χ0n) is 13.7. The second-order valence-corrected chi connectivity index (χ2v) is 7.67. The van der Waals surface area contributed by atoms with Crippen molar-refractivity contribution in [3.63, 3.8) is 0 Å². The van der Waals surface area contributed by atoms with Crippen LogP contribution in [0, 0.1) is 0 Å². The molecule has 2 aliphatic rings. The van der Waals surface area contributed by atoms with E-state index < -0.39 is 6.10 Å². The van der Waals surface area contributed by atoms with Gasteiger partial charge in [-0.15, -0.1) is 10.2 Å². The Morgan fingerprint density at radius 3 is 2.67 bits per heavy atom. The van der Waals surface area contributed by atoms with Crippen LogP contribution in [0.5, 0.6) is 0 Å². The Morgan fingerprint density at radius 1 is 1.17 bits per heavy atom. The number of aromatic nitrogens is 3. The zero-order chi connectivity index (χ0) is 16.4. The lowest BCUT2D eigenvalue weighted by Gasteiger charge is -2.12. The third-order valence-electron chi connectivity index (χ3n) is 4.37. The smallest absolute Gasteiger partial charge is 0.191 e. The predicted molar refractivity (Wildman–Crippen MR) is 93.1 cm³/mol. The molecule has 2 aromatic rings. The molecule has 0 bridgehead atoms. The number of hydrogen-bond donors (Lipinski definition) is 1. The normalized spacial score (nSPS) is 18.7. The number of benzene rings is 1. The molecule has 4 rings (SSSR count). The second-order valence-electron chi connectivity index (χ2n) is 6.68. The highest BCUT2D eigenvalue weighted by Gasteiger charge is 2.36. The van der Waals surface area contributed by atoms with Gasteiger partial charge in [-0.2, -0.15) is 0 Å². The standard InChI is InChI=1S/C18H23N3O2S/c22-16(11-23-10-13-4-2-1-3-5-13)12-24-18-20-19-17(14-6-7-14)21(18)15-8-9-15/h1-5,14-16,22H,6-12H2/t16-/m0/s1. The molecule has 2 aliphatic carbocycles. The van der Waals surface area contributed by atoms with Crippen LogP contribution in [0.15, 0.2) is 35.5 Å². The molecule has 6 heteroatoms. The summed E-state index contributed by atoms with van der Waals surface area (Å²) in [6, 6.07) is 10.6. The predicted octanol–water partition coefficient (Wildman–Crippen LogP) is 3.16. The molecule has 0 unspecified atom stereocenters. The molecule has 128 valence electrons. The first-order chi connectivity index (χ1) is 11.8. The van der Waals surface area contributed by atoms with E-state index in [9.17, 15) is 5.11 Å². The van der Waals surface area contributed by atoms with Gasteiger partial charge in [-0.1, -0.05) is 42.1 Å². The minimum Gasteiger partial charge on any atom is -0.390 e. The van der Waals surface area contributed by atoms with Crippen molar-refractivity contribution in [2.75, 3.05) is 12.4 Å². The van der Waals surface area contributed by atoms with E-state index in [4.69, 9.17) is 4.74 Å². The molecule has 1 aromatic carbocycles. The summed E-state index contributed by atoms with van der Waals surface area (Å²) in [4.78, 5) is 0.